The van der Waals surface area contributed by atoms with Crippen molar-refractivity contribution >= 4 is 22.8 Å². The van der Waals surface area contributed by atoms with Crippen molar-refractivity contribution in [3.05, 3.63) is 29.9 Å². The molecule has 1 aromatic carbocycles. The number of rotatable bonds is 4. The second-order valence-electron chi connectivity index (χ2n) is 4.16. The number of nitrogens with one attached hydrogen (secondary N) is 1. The zero-order valence-electron chi connectivity index (χ0n) is 10.4. The molecule has 0 saturated carbocycles. The third kappa shape index (κ3) is 2.49. The van der Waals surface area contributed by atoms with Gasteiger partial charge in [-0.3, -0.25) is 0 Å². The van der Waals surface area contributed by atoms with Crippen molar-refractivity contribution in [1.29, 1.82) is 0 Å². The molecular formula is C12H13N5O2. The Kier molecular flexibility index (Phi) is 2.79. The van der Waals surface area contributed by atoms with E-state index in [1.54, 1.807) is 25.1 Å². The first-order valence-electron chi connectivity index (χ1n) is 5.90. The number of hydrogen-bond acceptors (Lipinski definition) is 7. The Hall–Kier alpha value is -2.57. The van der Waals surface area contributed by atoms with Gasteiger partial charge in [-0.2, -0.15) is 9.97 Å². The summed E-state index contributed by atoms with van der Waals surface area (Å²) >= 11 is 0. The number of anilines is 2. The molecule has 0 radical (unpaired) electrons. The van der Waals surface area contributed by atoms with Crippen LogP contribution in [0.25, 0.3) is 11.1 Å². The monoisotopic (exact) mass is 259 g/mol. The van der Waals surface area contributed by atoms with Crippen LogP contribution in [0.5, 0.6) is 0 Å². The van der Waals surface area contributed by atoms with E-state index in [-0.39, 0.29) is 0 Å². The summed E-state index contributed by atoms with van der Waals surface area (Å²) in [6.07, 6.45) is 0.613. The molecule has 3 rings (SSSR count). The van der Waals surface area contributed by atoms with Crippen molar-refractivity contribution in [2.75, 3.05) is 17.6 Å². The first-order valence-corrected chi connectivity index (χ1v) is 5.90. The Morgan fingerprint density at radius 3 is 3.00 bits per heavy atom. The van der Waals surface area contributed by atoms with Gasteiger partial charge in [-0.25, -0.2) is 0 Å². The molecule has 0 atom stereocenters. The molecule has 0 aliphatic carbocycles. The number of fused-ring (bicyclic) bond motifs is 1. The lowest BCUT2D eigenvalue weighted by atomic mass is 10.3. The van der Waals surface area contributed by atoms with E-state index in [0.29, 0.717) is 42.0 Å². The number of benzene rings is 1. The molecule has 0 bridgehead atoms. The van der Waals surface area contributed by atoms with Gasteiger partial charge in [0.2, 0.25) is 5.89 Å². The minimum Gasteiger partial charge on any atom is -0.424 e. The highest BCUT2D eigenvalue weighted by atomic mass is 16.5. The van der Waals surface area contributed by atoms with Gasteiger partial charge in [0.15, 0.2) is 11.4 Å². The number of aromatic nitrogens is 3. The molecule has 2 heterocycles. The molecule has 0 spiro atoms. The van der Waals surface area contributed by atoms with Crippen molar-refractivity contribution in [2.45, 2.75) is 13.3 Å². The SMILES string of the molecule is Cc1noc(CCNc2nc3cc(N)ccc3o2)n1. The van der Waals surface area contributed by atoms with Crippen LogP contribution in [0.2, 0.25) is 0 Å². The number of aryl methyl sites for hydroxylation is 1. The smallest absolute Gasteiger partial charge is 0.295 e. The van der Waals surface area contributed by atoms with Crippen LogP contribution in [-0.2, 0) is 6.42 Å². The van der Waals surface area contributed by atoms with E-state index in [2.05, 4.69) is 20.4 Å². The summed E-state index contributed by atoms with van der Waals surface area (Å²) in [5.41, 5.74) is 7.77. The lowest BCUT2D eigenvalue weighted by Crippen LogP contribution is -2.05. The standard InChI is InChI=1S/C12H13N5O2/c1-7-15-11(19-17-7)4-5-14-12-16-9-6-8(13)2-3-10(9)18-12/h2-3,6H,4-5,13H2,1H3,(H,14,16). The maximum Gasteiger partial charge on any atom is 0.295 e. The highest BCUT2D eigenvalue weighted by molar-refractivity contribution is 5.78. The molecule has 3 aromatic rings. The highest BCUT2D eigenvalue weighted by Gasteiger charge is 2.07. The van der Waals surface area contributed by atoms with Crippen molar-refractivity contribution in [2.24, 2.45) is 0 Å². The molecule has 0 aliphatic rings. The van der Waals surface area contributed by atoms with Gasteiger partial charge in [0, 0.05) is 18.7 Å². The molecular weight excluding hydrogens is 246 g/mol. The molecule has 2 aromatic heterocycles. The van der Waals surface area contributed by atoms with Gasteiger partial charge in [0.05, 0.1) is 0 Å². The number of nitrogen functional groups attached to an aromatic ring is 1. The van der Waals surface area contributed by atoms with E-state index in [1.807, 2.05) is 0 Å². The summed E-state index contributed by atoms with van der Waals surface area (Å²) in [7, 11) is 0. The van der Waals surface area contributed by atoms with Crippen molar-refractivity contribution in [3.8, 4) is 0 Å². The summed E-state index contributed by atoms with van der Waals surface area (Å²) in [4.78, 5) is 8.40. The lowest BCUT2D eigenvalue weighted by Gasteiger charge is -1.96. The summed E-state index contributed by atoms with van der Waals surface area (Å²) < 4.78 is 10.5. The quantitative estimate of drug-likeness (QED) is 0.688. The third-order valence-corrected chi connectivity index (χ3v) is 2.60. The average molecular weight is 259 g/mol. The van der Waals surface area contributed by atoms with Crippen LogP contribution in [0, 0.1) is 6.92 Å². The second kappa shape index (κ2) is 4.60. The average Bonchev–Trinajstić information content (AvgIpc) is 2.95. The van der Waals surface area contributed by atoms with E-state index >= 15 is 0 Å². The second-order valence-corrected chi connectivity index (χ2v) is 4.16. The Labute approximate surface area is 108 Å². The molecule has 19 heavy (non-hydrogen) atoms. The van der Waals surface area contributed by atoms with Crippen LogP contribution in [0.15, 0.2) is 27.1 Å². The first-order chi connectivity index (χ1) is 9.20. The predicted octanol–water partition coefficient (Wildman–Crippen LogP) is 1.76. The van der Waals surface area contributed by atoms with Crippen LogP contribution in [-0.4, -0.2) is 21.7 Å². The molecule has 7 nitrogen and oxygen atoms in total. The normalized spacial score (nSPS) is 11.0. The molecule has 0 aliphatic heterocycles. The number of nitrogens with two attached hydrogens (primary N) is 1. The Bertz CT molecular complexity index is 703. The molecule has 98 valence electrons. The fourth-order valence-electron chi connectivity index (χ4n) is 1.74. The lowest BCUT2D eigenvalue weighted by molar-refractivity contribution is 0.376. The maximum absolute atomic E-state index is 5.68. The summed E-state index contributed by atoms with van der Waals surface area (Å²) in [6, 6.07) is 5.80. The van der Waals surface area contributed by atoms with Crippen LogP contribution in [0.3, 0.4) is 0 Å². The minimum atomic E-state index is 0.455. The number of nitrogens with zero attached hydrogens (tertiary/aromatic N) is 3. The van der Waals surface area contributed by atoms with Crippen LogP contribution < -0.4 is 11.1 Å². The molecule has 0 fully saturated rings. The van der Waals surface area contributed by atoms with Gasteiger partial charge in [0.25, 0.3) is 6.01 Å². The highest BCUT2D eigenvalue weighted by Crippen LogP contribution is 2.20. The van der Waals surface area contributed by atoms with Gasteiger partial charge in [0.1, 0.15) is 5.52 Å². The van der Waals surface area contributed by atoms with Crippen LogP contribution in [0.1, 0.15) is 11.7 Å². The summed E-state index contributed by atoms with van der Waals surface area (Å²) in [6.45, 7) is 2.38. The van der Waals surface area contributed by atoms with E-state index in [1.165, 1.54) is 0 Å². The predicted molar refractivity (Wildman–Crippen MR) is 69.7 cm³/mol. The van der Waals surface area contributed by atoms with Gasteiger partial charge >= 0.3 is 0 Å². The maximum atomic E-state index is 5.68. The van der Waals surface area contributed by atoms with E-state index in [9.17, 15) is 0 Å². The van der Waals surface area contributed by atoms with Crippen molar-refractivity contribution in [1.82, 2.24) is 15.1 Å². The molecule has 3 N–H and O–H groups in total. The Balaban J connectivity index is 1.65. The molecule has 0 amide bonds. The van der Waals surface area contributed by atoms with Gasteiger partial charge in [-0.15, -0.1) is 0 Å². The van der Waals surface area contributed by atoms with Crippen LogP contribution >= 0.6 is 0 Å². The van der Waals surface area contributed by atoms with Gasteiger partial charge in [-0.05, 0) is 25.1 Å². The van der Waals surface area contributed by atoms with E-state index in [4.69, 9.17) is 14.7 Å². The summed E-state index contributed by atoms with van der Waals surface area (Å²) in [5, 5.41) is 6.78. The minimum absolute atomic E-state index is 0.455. The first kappa shape index (κ1) is 11.5. The molecule has 0 unspecified atom stereocenters. The Morgan fingerprint density at radius 2 is 2.21 bits per heavy atom. The van der Waals surface area contributed by atoms with E-state index in [0.717, 1.165) is 5.52 Å². The zero-order valence-corrected chi connectivity index (χ0v) is 10.4. The van der Waals surface area contributed by atoms with Crippen LogP contribution in [0.4, 0.5) is 11.7 Å². The van der Waals surface area contributed by atoms with Crippen molar-refractivity contribution < 1.29 is 8.94 Å². The fourth-order valence-corrected chi connectivity index (χ4v) is 1.74. The van der Waals surface area contributed by atoms with Gasteiger partial charge in [-0.1, -0.05) is 5.16 Å². The zero-order chi connectivity index (χ0) is 13.2. The fraction of sp³-hybridized carbons (Fsp3) is 0.250. The number of oxazole rings is 1. The summed E-state index contributed by atoms with van der Waals surface area (Å²) in [5.74, 6) is 1.22. The Morgan fingerprint density at radius 1 is 1.32 bits per heavy atom. The molecule has 7 heteroatoms. The number of hydrogen-bond donors (Lipinski definition) is 2. The largest absolute Gasteiger partial charge is 0.424 e. The van der Waals surface area contributed by atoms with E-state index < -0.39 is 0 Å². The van der Waals surface area contributed by atoms with Gasteiger partial charge < -0.3 is 20.0 Å². The topological polar surface area (TPSA) is 103 Å². The van der Waals surface area contributed by atoms with Crippen molar-refractivity contribution in [3.63, 3.8) is 0 Å². The third-order valence-electron chi connectivity index (χ3n) is 2.60. The molecule has 0 saturated heterocycles.